The van der Waals surface area contributed by atoms with Crippen molar-refractivity contribution in [3.63, 3.8) is 0 Å². The standard InChI is InChI=1S/C21H15F2N7O/c22-13-5-3-12(4-6-13)20-26-27-21(31-20)29-9-7-15-18(25-11-24-15)19(29)16-10-17-14(23)2-1-8-30(17)28-16/h1-6,8,10-11,19H,7,9H2,(H,24,25)/t19-/m0/s1. The van der Waals surface area contributed by atoms with Crippen LogP contribution in [0.1, 0.15) is 23.1 Å². The Hall–Kier alpha value is -4.08. The predicted molar refractivity (Wildman–Crippen MR) is 106 cm³/mol. The Morgan fingerprint density at radius 2 is 1.97 bits per heavy atom. The summed E-state index contributed by atoms with van der Waals surface area (Å²) in [4.78, 5) is 9.55. The van der Waals surface area contributed by atoms with Crippen LogP contribution in [0.4, 0.5) is 14.8 Å². The van der Waals surface area contributed by atoms with Crippen LogP contribution in [0.3, 0.4) is 0 Å². The van der Waals surface area contributed by atoms with Gasteiger partial charge in [-0.3, -0.25) is 0 Å². The van der Waals surface area contributed by atoms with Gasteiger partial charge in [0.25, 0.3) is 0 Å². The van der Waals surface area contributed by atoms with E-state index in [4.69, 9.17) is 4.42 Å². The number of anilines is 1. The molecule has 10 heteroatoms. The molecule has 0 saturated carbocycles. The molecule has 1 aliphatic rings. The molecule has 31 heavy (non-hydrogen) atoms. The van der Waals surface area contributed by atoms with Crippen LogP contribution in [0.15, 0.2) is 59.4 Å². The fraction of sp³-hybridized carbons (Fsp3) is 0.143. The first-order valence-corrected chi connectivity index (χ1v) is 9.69. The van der Waals surface area contributed by atoms with Crippen LogP contribution < -0.4 is 4.90 Å². The van der Waals surface area contributed by atoms with Crippen LogP contribution in [0.2, 0.25) is 0 Å². The molecule has 0 bridgehead atoms. The van der Waals surface area contributed by atoms with Crippen LogP contribution in [0, 0.1) is 11.6 Å². The van der Waals surface area contributed by atoms with Crippen molar-refractivity contribution in [2.45, 2.75) is 12.5 Å². The van der Waals surface area contributed by atoms with Gasteiger partial charge in [0.15, 0.2) is 0 Å². The SMILES string of the molecule is Fc1ccc(-c2nnc(N3CCc4[nH]cnc4[C@@H]3c3cc4c(F)cccn4n3)o2)cc1. The van der Waals surface area contributed by atoms with Gasteiger partial charge >= 0.3 is 6.01 Å². The molecule has 154 valence electrons. The maximum atomic E-state index is 14.3. The van der Waals surface area contributed by atoms with Gasteiger partial charge in [0, 0.05) is 30.4 Å². The van der Waals surface area contributed by atoms with Gasteiger partial charge in [-0.25, -0.2) is 18.3 Å². The number of H-pyrrole nitrogens is 1. The number of imidazole rings is 1. The first-order chi connectivity index (χ1) is 15.2. The Kier molecular flexibility index (Phi) is 3.85. The minimum absolute atomic E-state index is 0.280. The zero-order valence-corrected chi connectivity index (χ0v) is 16.0. The predicted octanol–water partition coefficient (Wildman–Crippen LogP) is 3.54. The molecule has 4 aromatic heterocycles. The van der Waals surface area contributed by atoms with E-state index < -0.39 is 6.04 Å². The molecule has 1 aromatic carbocycles. The summed E-state index contributed by atoms with van der Waals surface area (Å²) >= 11 is 0. The van der Waals surface area contributed by atoms with Crippen molar-refractivity contribution in [1.82, 2.24) is 29.8 Å². The average molecular weight is 419 g/mol. The zero-order chi connectivity index (χ0) is 20.9. The Morgan fingerprint density at radius 1 is 1.10 bits per heavy atom. The normalized spacial score (nSPS) is 16.1. The third-order valence-corrected chi connectivity index (χ3v) is 5.43. The maximum Gasteiger partial charge on any atom is 0.319 e. The Labute approximate surface area is 174 Å². The molecule has 0 fully saturated rings. The topological polar surface area (TPSA) is 88.1 Å². The fourth-order valence-corrected chi connectivity index (χ4v) is 3.96. The molecule has 5 heterocycles. The number of halogens is 2. The number of benzene rings is 1. The molecule has 0 radical (unpaired) electrons. The number of pyridine rings is 1. The third kappa shape index (κ3) is 2.87. The summed E-state index contributed by atoms with van der Waals surface area (Å²) in [7, 11) is 0. The number of hydrogen-bond acceptors (Lipinski definition) is 6. The van der Waals surface area contributed by atoms with E-state index >= 15 is 0 Å². The molecular formula is C21H15F2N7O. The fourth-order valence-electron chi connectivity index (χ4n) is 3.96. The number of nitrogens with zero attached hydrogens (tertiary/aromatic N) is 6. The Bertz CT molecular complexity index is 1390. The molecule has 1 N–H and O–H groups in total. The van der Waals surface area contributed by atoms with E-state index in [-0.39, 0.29) is 23.5 Å². The highest BCUT2D eigenvalue weighted by molar-refractivity contribution is 5.55. The summed E-state index contributed by atoms with van der Waals surface area (Å²) in [5.74, 6) is -0.422. The Morgan fingerprint density at radius 3 is 2.81 bits per heavy atom. The van der Waals surface area contributed by atoms with Crippen molar-refractivity contribution in [2.75, 3.05) is 11.4 Å². The van der Waals surface area contributed by atoms with Crippen molar-refractivity contribution in [3.8, 4) is 11.5 Å². The third-order valence-electron chi connectivity index (χ3n) is 5.43. The number of fused-ring (bicyclic) bond motifs is 2. The first kappa shape index (κ1) is 17.8. The van der Waals surface area contributed by atoms with E-state index in [2.05, 4.69) is 25.3 Å². The van der Waals surface area contributed by atoms with Crippen LogP contribution >= 0.6 is 0 Å². The Balaban J connectivity index is 1.44. The molecule has 6 rings (SSSR count). The van der Waals surface area contributed by atoms with Crippen LogP contribution in [0.5, 0.6) is 0 Å². The monoisotopic (exact) mass is 419 g/mol. The van der Waals surface area contributed by atoms with E-state index in [0.29, 0.717) is 29.7 Å². The maximum absolute atomic E-state index is 14.3. The zero-order valence-electron chi connectivity index (χ0n) is 16.0. The van der Waals surface area contributed by atoms with E-state index in [1.165, 1.54) is 22.7 Å². The largest absolute Gasteiger partial charge is 0.403 e. The van der Waals surface area contributed by atoms with Crippen LogP contribution in [-0.4, -0.2) is 36.3 Å². The molecule has 0 amide bonds. The minimum atomic E-state index is -0.434. The van der Waals surface area contributed by atoms with Crippen molar-refractivity contribution < 1.29 is 13.2 Å². The lowest BCUT2D eigenvalue weighted by Gasteiger charge is -2.32. The van der Waals surface area contributed by atoms with Gasteiger partial charge in [-0.1, -0.05) is 5.10 Å². The van der Waals surface area contributed by atoms with Crippen molar-refractivity contribution in [1.29, 1.82) is 0 Å². The van der Waals surface area contributed by atoms with E-state index in [1.807, 2.05) is 4.90 Å². The lowest BCUT2D eigenvalue weighted by atomic mass is 10.0. The lowest BCUT2D eigenvalue weighted by molar-refractivity contribution is 0.503. The van der Waals surface area contributed by atoms with Gasteiger partial charge in [-0.15, -0.1) is 5.10 Å². The number of nitrogens with one attached hydrogen (secondary N) is 1. The first-order valence-electron chi connectivity index (χ1n) is 9.69. The second-order valence-corrected chi connectivity index (χ2v) is 7.26. The molecule has 0 saturated heterocycles. The van der Waals surface area contributed by atoms with Crippen LogP contribution in [-0.2, 0) is 6.42 Å². The number of aromatic amines is 1. The van der Waals surface area contributed by atoms with Crippen LogP contribution in [0.25, 0.3) is 17.0 Å². The van der Waals surface area contributed by atoms with Gasteiger partial charge in [0.2, 0.25) is 5.89 Å². The van der Waals surface area contributed by atoms with E-state index in [9.17, 15) is 8.78 Å². The number of rotatable bonds is 3. The summed E-state index contributed by atoms with van der Waals surface area (Å²) in [6.45, 7) is 0.571. The van der Waals surface area contributed by atoms with Gasteiger partial charge in [-0.05, 0) is 42.5 Å². The molecule has 0 aliphatic carbocycles. The summed E-state index contributed by atoms with van der Waals surface area (Å²) in [6.07, 6.45) is 4.02. The summed E-state index contributed by atoms with van der Waals surface area (Å²) in [5, 5.41) is 12.9. The molecule has 0 spiro atoms. The minimum Gasteiger partial charge on any atom is -0.403 e. The van der Waals surface area contributed by atoms with Gasteiger partial charge in [0.1, 0.15) is 23.2 Å². The molecule has 1 aliphatic heterocycles. The quantitative estimate of drug-likeness (QED) is 0.481. The van der Waals surface area contributed by atoms with Gasteiger partial charge in [-0.2, -0.15) is 5.10 Å². The second kappa shape index (κ2) is 6.73. The van der Waals surface area contributed by atoms with Gasteiger partial charge < -0.3 is 14.3 Å². The van der Waals surface area contributed by atoms with Crippen molar-refractivity contribution in [3.05, 3.63) is 83.7 Å². The van der Waals surface area contributed by atoms with Crippen molar-refractivity contribution in [2.24, 2.45) is 0 Å². The smallest absolute Gasteiger partial charge is 0.319 e. The highest BCUT2D eigenvalue weighted by atomic mass is 19.1. The van der Waals surface area contributed by atoms with Gasteiger partial charge in [0.05, 0.1) is 17.7 Å². The number of hydrogen-bond donors (Lipinski definition) is 1. The molecular weight excluding hydrogens is 404 g/mol. The average Bonchev–Trinajstić information content (AvgIpc) is 3.52. The highest BCUT2D eigenvalue weighted by Crippen LogP contribution is 2.37. The summed E-state index contributed by atoms with van der Waals surface area (Å²) in [6, 6.07) is 10.4. The van der Waals surface area contributed by atoms with E-state index in [1.54, 1.807) is 36.8 Å². The molecule has 0 unspecified atom stereocenters. The molecule has 5 aromatic rings. The van der Waals surface area contributed by atoms with Crippen molar-refractivity contribution >= 4 is 11.5 Å². The summed E-state index contributed by atoms with van der Waals surface area (Å²) < 4.78 is 34.9. The number of aromatic nitrogens is 6. The molecule has 8 nitrogen and oxygen atoms in total. The molecule has 1 atom stereocenters. The summed E-state index contributed by atoms with van der Waals surface area (Å²) in [5.41, 5.74) is 3.36. The van der Waals surface area contributed by atoms with E-state index in [0.717, 1.165) is 11.4 Å². The highest BCUT2D eigenvalue weighted by Gasteiger charge is 2.36. The second-order valence-electron chi connectivity index (χ2n) is 7.26. The lowest BCUT2D eigenvalue weighted by Crippen LogP contribution is -2.36.